The minimum absolute atomic E-state index is 0.000648. The molecule has 7 nitrogen and oxygen atoms in total. The van der Waals surface area contributed by atoms with Gasteiger partial charge in [-0.25, -0.2) is 0 Å². The maximum atomic E-state index is 11.6. The van der Waals surface area contributed by atoms with Crippen LogP contribution < -0.4 is 14.4 Å². The third-order valence-electron chi connectivity index (χ3n) is 5.18. The van der Waals surface area contributed by atoms with Gasteiger partial charge in [0.1, 0.15) is 17.2 Å². The number of Topliss-reactive ketones (excluding diaryl/α,β-unsaturated/α-hetero) is 1. The van der Waals surface area contributed by atoms with Crippen molar-refractivity contribution in [3.63, 3.8) is 0 Å². The Kier molecular flexibility index (Phi) is 5.20. The summed E-state index contributed by atoms with van der Waals surface area (Å²) in [6.45, 7) is 3.56. The fraction of sp³-hybridized carbons (Fsp3) is 0.318. The Hall–Kier alpha value is -3.35. The van der Waals surface area contributed by atoms with Crippen LogP contribution in [0.1, 0.15) is 30.3 Å². The summed E-state index contributed by atoms with van der Waals surface area (Å²) in [5.41, 5.74) is 3.79. The molecular weight excluding hydrogens is 368 g/mol. The van der Waals surface area contributed by atoms with Gasteiger partial charge < -0.3 is 19.4 Å². The molecule has 4 rings (SSSR count). The normalized spacial score (nSPS) is 14.1. The molecule has 0 radical (unpaired) electrons. The van der Waals surface area contributed by atoms with Gasteiger partial charge in [0.25, 0.3) is 0 Å². The van der Waals surface area contributed by atoms with E-state index in [1.165, 1.54) is 19.8 Å². The lowest BCUT2D eigenvalue weighted by atomic mass is 10.2. The maximum Gasteiger partial charge on any atom is 0.175 e. The number of hydrogen-bond acceptors (Lipinski definition) is 6. The number of ketones is 1. The molecule has 0 unspecified atom stereocenters. The van der Waals surface area contributed by atoms with Crippen molar-refractivity contribution in [2.75, 3.05) is 32.2 Å². The van der Waals surface area contributed by atoms with Crippen molar-refractivity contribution in [2.45, 2.75) is 19.8 Å². The second-order valence-electron chi connectivity index (χ2n) is 7.10. The number of nitrogens with zero attached hydrogens (tertiary/aromatic N) is 3. The number of rotatable bonds is 6. The largest absolute Gasteiger partial charge is 0.494 e. The fourth-order valence-corrected chi connectivity index (χ4v) is 3.63. The monoisotopic (exact) mass is 392 g/mol. The van der Waals surface area contributed by atoms with Crippen molar-refractivity contribution >= 4 is 33.7 Å². The third kappa shape index (κ3) is 3.81. The topological polar surface area (TPSA) is 79.3 Å². The van der Waals surface area contributed by atoms with E-state index in [0.717, 1.165) is 35.4 Å². The zero-order valence-electron chi connectivity index (χ0n) is 16.9. The van der Waals surface area contributed by atoms with E-state index >= 15 is 0 Å². The van der Waals surface area contributed by atoms with Gasteiger partial charge >= 0.3 is 0 Å². The van der Waals surface area contributed by atoms with Crippen LogP contribution in [0.2, 0.25) is 0 Å². The van der Waals surface area contributed by atoms with Gasteiger partial charge in [0.05, 0.1) is 31.3 Å². The number of ether oxygens (including phenoxy) is 2. The lowest BCUT2D eigenvalue weighted by Gasteiger charge is -2.21. The SMILES string of the molecule is COc1cc(N2CCCC2)c(OC)cc1/N=N/c1ccc2[nH]c(C(C)=O)cc2c1. The third-order valence-corrected chi connectivity index (χ3v) is 5.18. The summed E-state index contributed by atoms with van der Waals surface area (Å²) in [6, 6.07) is 11.3. The maximum absolute atomic E-state index is 11.6. The van der Waals surface area contributed by atoms with Crippen molar-refractivity contribution in [3.8, 4) is 11.5 Å². The minimum Gasteiger partial charge on any atom is -0.494 e. The highest BCUT2D eigenvalue weighted by molar-refractivity contribution is 5.98. The van der Waals surface area contributed by atoms with Crippen LogP contribution in [-0.4, -0.2) is 38.1 Å². The van der Waals surface area contributed by atoms with E-state index in [0.29, 0.717) is 22.8 Å². The Morgan fingerprint density at radius 2 is 1.76 bits per heavy atom. The first-order valence-corrected chi connectivity index (χ1v) is 9.65. The molecule has 1 fully saturated rings. The number of hydrogen-bond donors (Lipinski definition) is 1. The molecule has 1 N–H and O–H groups in total. The van der Waals surface area contributed by atoms with Crippen molar-refractivity contribution in [1.29, 1.82) is 0 Å². The number of carbonyl (C=O) groups is 1. The molecule has 0 spiro atoms. The standard InChI is InChI=1S/C22H24N4O3/c1-14(27)18-11-15-10-16(6-7-17(15)23-18)24-25-19-12-22(29-3)20(13-21(19)28-2)26-8-4-5-9-26/h6-7,10-13,23H,4-5,8-9H2,1-3H3/b25-24+. The van der Waals surface area contributed by atoms with E-state index in [2.05, 4.69) is 20.1 Å². The van der Waals surface area contributed by atoms with Crippen LogP contribution in [0.15, 0.2) is 46.6 Å². The van der Waals surface area contributed by atoms with E-state index < -0.39 is 0 Å². The number of carbonyl (C=O) groups excluding carboxylic acids is 1. The molecular formula is C22H24N4O3. The summed E-state index contributed by atoms with van der Waals surface area (Å²) in [5, 5.41) is 9.68. The average Bonchev–Trinajstić information content (AvgIpc) is 3.41. The second kappa shape index (κ2) is 7.95. The van der Waals surface area contributed by atoms with Crippen molar-refractivity contribution in [1.82, 2.24) is 4.98 Å². The molecule has 150 valence electrons. The van der Waals surface area contributed by atoms with Gasteiger partial charge in [0, 0.05) is 43.0 Å². The predicted molar refractivity (Wildman–Crippen MR) is 113 cm³/mol. The molecule has 29 heavy (non-hydrogen) atoms. The van der Waals surface area contributed by atoms with Gasteiger partial charge in [0.2, 0.25) is 0 Å². The van der Waals surface area contributed by atoms with Gasteiger partial charge in [-0.15, -0.1) is 5.11 Å². The van der Waals surface area contributed by atoms with Crippen LogP contribution in [0, 0.1) is 0 Å². The summed E-state index contributed by atoms with van der Waals surface area (Å²) in [4.78, 5) is 17.0. The van der Waals surface area contributed by atoms with Crippen LogP contribution in [0.3, 0.4) is 0 Å². The molecule has 1 aromatic heterocycles. The Labute approximate surface area is 169 Å². The number of nitrogens with one attached hydrogen (secondary N) is 1. The molecule has 3 aromatic rings. The van der Waals surface area contributed by atoms with Crippen molar-refractivity contribution in [2.24, 2.45) is 10.2 Å². The minimum atomic E-state index is -0.000648. The van der Waals surface area contributed by atoms with Crippen molar-refractivity contribution < 1.29 is 14.3 Å². The molecule has 1 saturated heterocycles. The van der Waals surface area contributed by atoms with Crippen LogP contribution in [0.4, 0.5) is 17.1 Å². The molecule has 0 aliphatic carbocycles. The van der Waals surface area contributed by atoms with E-state index in [4.69, 9.17) is 9.47 Å². The predicted octanol–water partition coefficient (Wildman–Crippen LogP) is 5.40. The van der Waals surface area contributed by atoms with Crippen molar-refractivity contribution in [3.05, 3.63) is 42.1 Å². The zero-order valence-corrected chi connectivity index (χ0v) is 16.9. The van der Waals surface area contributed by atoms with E-state index in [1.807, 2.05) is 36.4 Å². The Morgan fingerprint density at radius 3 is 2.45 bits per heavy atom. The molecule has 0 amide bonds. The second-order valence-corrected chi connectivity index (χ2v) is 7.10. The van der Waals surface area contributed by atoms with E-state index in [-0.39, 0.29) is 5.78 Å². The summed E-state index contributed by atoms with van der Waals surface area (Å²) in [6.07, 6.45) is 2.36. The highest BCUT2D eigenvalue weighted by Crippen LogP contribution is 2.41. The molecule has 1 aliphatic heterocycles. The summed E-state index contributed by atoms with van der Waals surface area (Å²) in [5.74, 6) is 1.41. The molecule has 0 saturated carbocycles. The lowest BCUT2D eigenvalue weighted by Crippen LogP contribution is -2.18. The zero-order chi connectivity index (χ0) is 20.4. The van der Waals surface area contributed by atoms with Crippen LogP contribution in [0.5, 0.6) is 11.5 Å². The van der Waals surface area contributed by atoms with Crippen LogP contribution >= 0.6 is 0 Å². The van der Waals surface area contributed by atoms with E-state index in [1.54, 1.807) is 14.2 Å². The average molecular weight is 392 g/mol. The first-order chi connectivity index (χ1) is 14.1. The first-order valence-electron chi connectivity index (χ1n) is 9.65. The quantitative estimate of drug-likeness (QED) is 0.450. The number of H-pyrrole nitrogens is 1. The molecule has 1 aliphatic rings. The summed E-state index contributed by atoms with van der Waals surface area (Å²) < 4.78 is 11.2. The number of fused-ring (bicyclic) bond motifs is 1. The smallest absolute Gasteiger partial charge is 0.175 e. The highest BCUT2D eigenvalue weighted by atomic mass is 16.5. The summed E-state index contributed by atoms with van der Waals surface area (Å²) >= 11 is 0. The molecule has 2 heterocycles. The number of methoxy groups -OCH3 is 2. The summed E-state index contributed by atoms with van der Waals surface area (Å²) in [7, 11) is 3.29. The molecule has 0 bridgehead atoms. The van der Waals surface area contributed by atoms with Crippen LogP contribution in [-0.2, 0) is 0 Å². The molecule has 7 heteroatoms. The van der Waals surface area contributed by atoms with E-state index in [9.17, 15) is 4.79 Å². The van der Waals surface area contributed by atoms with Gasteiger partial charge in [-0.05, 0) is 37.1 Å². The van der Waals surface area contributed by atoms with Gasteiger partial charge in [0.15, 0.2) is 5.78 Å². The number of aromatic nitrogens is 1. The number of aromatic amines is 1. The number of benzene rings is 2. The Morgan fingerprint density at radius 1 is 1.00 bits per heavy atom. The Balaban J connectivity index is 1.66. The van der Waals surface area contributed by atoms with Crippen LogP contribution in [0.25, 0.3) is 10.9 Å². The molecule has 2 aromatic carbocycles. The highest BCUT2D eigenvalue weighted by Gasteiger charge is 2.19. The fourth-order valence-electron chi connectivity index (χ4n) is 3.63. The number of anilines is 1. The number of azo groups is 1. The molecule has 0 atom stereocenters. The first kappa shape index (κ1) is 19.0. The Bertz CT molecular complexity index is 1080. The van der Waals surface area contributed by atoms with Gasteiger partial charge in [-0.3, -0.25) is 4.79 Å². The van der Waals surface area contributed by atoms with Gasteiger partial charge in [-0.1, -0.05) is 0 Å². The lowest BCUT2D eigenvalue weighted by molar-refractivity contribution is 0.101. The van der Waals surface area contributed by atoms with Gasteiger partial charge in [-0.2, -0.15) is 5.11 Å².